The number of methoxy groups -OCH3 is 2. The normalized spacial score (nSPS) is 10.3. The molecule has 0 saturated carbocycles. The second kappa shape index (κ2) is 9.31. The van der Waals surface area contributed by atoms with Crippen molar-refractivity contribution in [1.29, 1.82) is 0 Å². The van der Waals surface area contributed by atoms with Crippen LogP contribution in [0, 0.1) is 6.92 Å². The summed E-state index contributed by atoms with van der Waals surface area (Å²) in [6.07, 6.45) is 1.33. The number of aromatic nitrogens is 2. The third-order valence-corrected chi connectivity index (χ3v) is 4.61. The molecule has 0 fully saturated rings. The van der Waals surface area contributed by atoms with Gasteiger partial charge in [0.05, 0.1) is 25.3 Å². The number of carbonyl (C=O) groups is 2. The van der Waals surface area contributed by atoms with Crippen LogP contribution >= 0.6 is 11.6 Å². The highest BCUT2D eigenvalue weighted by molar-refractivity contribution is 6.30. The molecule has 0 spiro atoms. The summed E-state index contributed by atoms with van der Waals surface area (Å²) in [5.74, 6) is -0.582. The molecule has 0 amide bonds. The molecule has 9 nitrogen and oxygen atoms in total. The van der Waals surface area contributed by atoms with E-state index in [1.54, 1.807) is 12.1 Å². The van der Waals surface area contributed by atoms with E-state index in [9.17, 15) is 9.59 Å². The molecule has 10 heteroatoms. The number of ether oxygens (including phenoxy) is 2. The number of aryl methyl sites for hydroxylation is 1. The fourth-order valence-electron chi connectivity index (χ4n) is 2.76. The molecule has 0 bridgehead atoms. The Bertz CT molecular complexity index is 1120. The third kappa shape index (κ3) is 5.01. The summed E-state index contributed by atoms with van der Waals surface area (Å²) in [6.45, 7) is 1.92. The zero-order chi connectivity index (χ0) is 22.5. The summed E-state index contributed by atoms with van der Waals surface area (Å²) in [6, 6.07) is 9.80. The van der Waals surface area contributed by atoms with Gasteiger partial charge in [-0.05, 0) is 42.8 Å². The van der Waals surface area contributed by atoms with Gasteiger partial charge in [-0.3, -0.25) is 0 Å². The van der Waals surface area contributed by atoms with Gasteiger partial charge in [0.2, 0.25) is 0 Å². The number of nitrogens with one attached hydrogen (secondary N) is 2. The van der Waals surface area contributed by atoms with Crippen LogP contribution < -0.4 is 16.4 Å². The monoisotopic (exact) mass is 441 g/mol. The molecule has 3 rings (SSSR count). The maximum absolute atomic E-state index is 12.0. The minimum absolute atomic E-state index is 0.161. The van der Waals surface area contributed by atoms with Crippen molar-refractivity contribution < 1.29 is 19.1 Å². The second-order valence-corrected chi connectivity index (χ2v) is 6.91. The number of benzene rings is 2. The first-order valence-electron chi connectivity index (χ1n) is 9.04. The van der Waals surface area contributed by atoms with Crippen LogP contribution in [0.4, 0.5) is 28.7 Å². The Morgan fingerprint density at radius 1 is 0.935 bits per heavy atom. The molecule has 0 radical (unpaired) electrons. The highest BCUT2D eigenvalue weighted by Crippen LogP contribution is 2.31. The number of hydrogen-bond acceptors (Lipinski definition) is 9. The van der Waals surface area contributed by atoms with Gasteiger partial charge in [0, 0.05) is 16.4 Å². The Morgan fingerprint density at radius 2 is 1.52 bits per heavy atom. The molecule has 31 heavy (non-hydrogen) atoms. The van der Waals surface area contributed by atoms with Gasteiger partial charge in [0.15, 0.2) is 11.6 Å². The van der Waals surface area contributed by atoms with Crippen molar-refractivity contribution in [2.45, 2.75) is 6.92 Å². The van der Waals surface area contributed by atoms with Crippen molar-refractivity contribution in [2.75, 3.05) is 30.6 Å². The lowest BCUT2D eigenvalue weighted by molar-refractivity contribution is 0.0599. The van der Waals surface area contributed by atoms with Crippen molar-refractivity contribution in [3.63, 3.8) is 0 Å². The molecular weight excluding hydrogens is 422 g/mol. The van der Waals surface area contributed by atoms with E-state index >= 15 is 0 Å². The Kier molecular flexibility index (Phi) is 6.56. The molecule has 1 aromatic heterocycles. The molecule has 0 aliphatic carbocycles. The SMILES string of the molecule is COC(=O)c1cc(Nc2ncnc(Nc3cc(Cl)ccc3C)c2N)cc(C(=O)OC)c1. The van der Waals surface area contributed by atoms with Gasteiger partial charge in [-0.2, -0.15) is 0 Å². The standard InChI is InChI=1S/C21H20ClN5O4/c1-11-4-5-14(22)9-16(11)27-19-17(23)18(24-10-25-19)26-15-7-12(20(28)30-2)6-13(8-15)21(29)31-3/h4-10H,23H2,1-3H3,(H2,24,25,26,27). The van der Waals surface area contributed by atoms with E-state index in [1.807, 2.05) is 13.0 Å². The molecule has 0 aliphatic rings. The molecule has 0 saturated heterocycles. The second-order valence-electron chi connectivity index (χ2n) is 6.48. The maximum atomic E-state index is 12.0. The molecule has 0 unspecified atom stereocenters. The van der Waals surface area contributed by atoms with Crippen LogP contribution in [-0.4, -0.2) is 36.1 Å². The maximum Gasteiger partial charge on any atom is 0.337 e. The topological polar surface area (TPSA) is 128 Å². The quantitative estimate of drug-likeness (QED) is 0.484. The minimum Gasteiger partial charge on any atom is -0.465 e. The van der Waals surface area contributed by atoms with Crippen molar-refractivity contribution >= 4 is 52.2 Å². The number of esters is 2. The van der Waals surface area contributed by atoms with Crippen molar-refractivity contribution in [1.82, 2.24) is 9.97 Å². The lowest BCUT2D eigenvalue weighted by Crippen LogP contribution is -2.09. The number of carbonyl (C=O) groups excluding carboxylic acids is 2. The van der Waals surface area contributed by atoms with Crippen LogP contribution in [0.2, 0.25) is 5.02 Å². The van der Waals surface area contributed by atoms with Crippen molar-refractivity contribution in [2.24, 2.45) is 0 Å². The zero-order valence-electron chi connectivity index (χ0n) is 17.0. The molecule has 2 aromatic carbocycles. The summed E-state index contributed by atoms with van der Waals surface area (Å²) in [5.41, 5.74) is 8.87. The van der Waals surface area contributed by atoms with Crippen LogP contribution in [0.5, 0.6) is 0 Å². The summed E-state index contributed by atoms with van der Waals surface area (Å²) < 4.78 is 9.50. The fourth-order valence-corrected chi connectivity index (χ4v) is 2.93. The Morgan fingerprint density at radius 3 is 2.10 bits per heavy atom. The van der Waals surface area contributed by atoms with Crippen molar-refractivity contribution in [3.8, 4) is 0 Å². The van der Waals surface area contributed by atoms with Gasteiger partial charge in [-0.25, -0.2) is 19.6 Å². The average molecular weight is 442 g/mol. The molecular formula is C21H20ClN5O4. The van der Waals surface area contributed by atoms with Crippen LogP contribution in [-0.2, 0) is 9.47 Å². The van der Waals surface area contributed by atoms with Gasteiger partial charge in [-0.15, -0.1) is 0 Å². The molecule has 4 N–H and O–H groups in total. The van der Waals surface area contributed by atoms with Crippen molar-refractivity contribution in [3.05, 3.63) is 64.4 Å². The van der Waals surface area contributed by atoms with E-state index in [-0.39, 0.29) is 22.6 Å². The largest absolute Gasteiger partial charge is 0.465 e. The minimum atomic E-state index is -0.608. The first kappa shape index (κ1) is 21.8. The number of halogens is 1. The Hall–Kier alpha value is -3.85. The predicted molar refractivity (Wildman–Crippen MR) is 118 cm³/mol. The third-order valence-electron chi connectivity index (χ3n) is 4.37. The van der Waals surface area contributed by atoms with E-state index < -0.39 is 11.9 Å². The smallest absolute Gasteiger partial charge is 0.337 e. The van der Waals surface area contributed by atoms with Crippen LogP contribution in [0.15, 0.2) is 42.7 Å². The molecule has 0 atom stereocenters. The van der Waals surface area contributed by atoms with Gasteiger partial charge < -0.3 is 25.8 Å². The van der Waals surface area contributed by atoms with E-state index in [4.69, 9.17) is 26.8 Å². The lowest BCUT2D eigenvalue weighted by atomic mass is 10.1. The molecule has 3 aromatic rings. The van der Waals surface area contributed by atoms with Crippen LogP contribution in [0.1, 0.15) is 26.3 Å². The van der Waals surface area contributed by atoms with E-state index in [2.05, 4.69) is 20.6 Å². The number of nitrogens with two attached hydrogens (primary N) is 1. The number of anilines is 5. The van der Waals surface area contributed by atoms with Gasteiger partial charge in [0.25, 0.3) is 0 Å². The first-order valence-corrected chi connectivity index (χ1v) is 9.42. The Balaban J connectivity index is 1.96. The summed E-state index contributed by atoms with van der Waals surface area (Å²) in [4.78, 5) is 32.3. The fraction of sp³-hybridized carbons (Fsp3) is 0.143. The molecule has 160 valence electrons. The Labute approximate surface area is 183 Å². The number of nitrogens with zero attached hydrogens (tertiary/aromatic N) is 2. The summed E-state index contributed by atoms with van der Waals surface area (Å²) in [7, 11) is 2.50. The number of nitrogen functional groups attached to an aromatic ring is 1. The van der Waals surface area contributed by atoms with Crippen LogP contribution in [0.25, 0.3) is 0 Å². The zero-order valence-corrected chi connectivity index (χ0v) is 17.8. The highest BCUT2D eigenvalue weighted by atomic mass is 35.5. The predicted octanol–water partition coefficient (Wildman–Crippen LogP) is 4.08. The first-order chi connectivity index (χ1) is 14.8. The summed E-state index contributed by atoms with van der Waals surface area (Å²) in [5, 5.41) is 6.71. The van der Waals surface area contributed by atoms with E-state index in [0.717, 1.165) is 11.3 Å². The van der Waals surface area contributed by atoms with E-state index in [1.165, 1.54) is 38.7 Å². The number of hydrogen-bond donors (Lipinski definition) is 3. The van der Waals surface area contributed by atoms with E-state index in [0.29, 0.717) is 16.5 Å². The number of rotatable bonds is 6. The van der Waals surface area contributed by atoms with Gasteiger partial charge in [0.1, 0.15) is 12.0 Å². The lowest BCUT2D eigenvalue weighted by Gasteiger charge is -2.15. The van der Waals surface area contributed by atoms with Gasteiger partial charge in [-0.1, -0.05) is 17.7 Å². The average Bonchev–Trinajstić information content (AvgIpc) is 2.77. The van der Waals surface area contributed by atoms with Gasteiger partial charge >= 0.3 is 11.9 Å². The highest BCUT2D eigenvalue weighted by Gasteiger charge is 2.16. The summed E-state index contributed by atoms with van der Waals surface area (Å²) >= 11 is 6.07. The van der Waals surface area contributed by atoms with Crippen LogP contribution in [0.3, 0.4) is 0 Å². The molecule has 1 heterocycles. The molecule has 0 aliphatic heterocycles.